The quantitative estimate of drug-likeness (QED) is 0.0189. The average Bonchev–Trinajstić information content (AvgIpc) is 4.03. The molecule has 3 aliphatic heterocycles. The van der Waals surface area contributed by atoms with Gasteiger partial charge in [-0.1, -0.05) is 27.3 Å². The molecule has 0 radical (unpaired) electrons. The molecule has 3 heterocycles. The van der Waals surface area contributed by atoms with Crippen LogP contribution in [0.3, 0.4) is 0 Å². The van der Waals surface area contributed by atoms with E-state index in [1.54, 1.807) is 11.0 Å². The van der Waals surface area contributed by atoms with Gasteiger partial charge in [0, 0.05) is 109 Å². The SMILES string of the molecule is C.CCN(CC)CCN(CC)C(=O)Oc1ccc(C(CNC(=O)CCSC2CC(=O)N(CCC(=O)NC)C2=O)OC(=O)NC(N)N)cc1OC.CN.CNC(=O)CCN1C(=O)C=CC1=O.O=C(O)CCN1C(=O)C=CC1=O.[2H][I-]C. The Bertz CT molecular complexity index is 2260. The van der Waals surface area contributed by atoms with Crippen LogP contribution < -0.4 is 70.3 Å². The van der Waals surface area contributed by atoms with Gasteiger partial charge in [-0.15, -0.1) is 11.8 Å². The Morgan fingerprint density at radius 2 is 1.29 bits per heavy atom. The molecule has 0 bridgehead atoms. The molecule has 11 amide bonds. The molecule has 446 valence electrons. The molecule has 1 saturated heterocycles. The fourth-order valence-corrected chi connectivity index (χ4v) is 7.75. The minimum absolute atomic E-state index is 0. The van der Waals surface area contributed by atoms with Gasteiger partial charge in [-0.2, -0.15) is 0 Å². The van der Waals surface area contributed by atoms with Crippen LogP contribution in [0.4, 0.5) is 9.59 Å². The van der Waals surface area contributed by atoms with Gasteiger partial charge in [0.05, 0.1) is 25.3 Å². The summed E-state index contributed by atoms with van der Waals surface area (Å²) < 4.78 is 22.9. The molecule has 0 aromatic heterocycles. The summed E-state index contributed by atoms with van der Waals surface area (Å²) in [6.45, 7) is 9.25. The Balaban J connectivity index is 0. The first-order valence-corrected chi connectivity index (χ1v) is 27.6. The molecular weight excluding hydrogens is 1170 g/mol. The van der Waals surface area contributed by atoms with Crippen molar-refractivity contribution in [1.29, 1.82) is 0.594 Å². The first-order valence-electron chi connectivity index (χ1n) is 24.7. The van der Waals surface area contributed by atoms with Gasteiger partial charge in [0.2, 0.25) is 29.5 Å². The van der Waals surface area contributed by atoms with Crippen molar-refractivity contribution in [2.45, 2.75) is 77.9 Å². The van der Waals surface area contributed by atoms with E-state index in [1.165, 1.54) is 64.3 Å². The number of nitrogens with two attached hydrogens (primary N) is 3. The number of imide groups is 3. The molecule has 0 spiro atoms. The zero-order valence-corrected chi connectivity index (χ0v) is 48.2. The number of alkyl halides is 1. The van der Waals surface area contributed by atoms with Crippen LogP contribution in [0.15, 0.2) is 42.5 Å². The summed E-state index contributed by atoms with van der Waals surface area (Å²) in [7, 11) is 5.88. The number of rotatable bonds is 26. The van der Waals surface area contributed by atoms with Crippen molar-refractivity contribution in [3.8, 4) is 11.5 Å². The van der Waals surface area contributed by atoms with Crippen LogP contribution in [-0.4, -0.2) is 211 Å². The number of amides is 11. The van der Waals surface area contributed by atoms with E-state index in [4.69, 9.17) is 31.4 Å². The van der Waals surface area contributed by atoms with Gasteiger partial charge in [-0.05, 0) is 44.8 Å². The maximum atomic E-state index is 13.0. The predicted molar refractivity (Wildman–Crippen MR) is 289 cm³/mol. The van der Waals surface area contributed by atoms with E-state index in [0.717, 1.165) is 39.9 Å². The van der Waals surface area contributed by atoms with Crippen LogP contribution in [0.2, 0.25) is 0 Å². The number of halogens is 1. The first kappa shape index (κ1) is 72.3. The molecule has 3 aliphatic rings. The van der Waals surface area contributed by atoms with E-state index in [9.17, 15) is 57.5 Å². The van der Waals surface area contributed by atoms with Crippen molar-refractivity contribution in [2.24, 2.45) is 17.2 Å². The number of methoxy groups -OCH3 is 1. The van der Waals surface area contributed by atoms with Crippen LogP contribution >= 0.6 is 11.8 Å². The molecule has 1 aromatic carbocycles. The Labute approximate surface area is 479 Å². The van der Waals surface area contributed by atoms with E-state index in [1.807, 2.05) is 11.9 Å². The molecule has 1 aromatic rings. The summed E-state index contributed by atoms with van der Waals surface area (Å²) in [5.74, 6) is -3.65. The summed E-state index contributed by atoms with van der Waals surface area (Å²) in [4.78, 5) is 148. The number of carbonyl (C=O) groups excluding carboxylic acids is 11. The summed E-state index contributed by atoms with van der Waals surface area (Å²) in [5.41, 5.74) is 15.8. The van der Waals surface area contributed by atoms with E-state index >= 15 is 0 Å². The van der Waals surface area contributed by atoms with Crippen LogP contribution in [0.5, 0.6) is 11.5 Å². The molecule has 0 aliphatic carbocycles. The van der Waals surface area contributed by atoms with E-state index in [2.05, 4.69) is 45.7 Å². The van der Waals surface area contributed by atoms with Gasteiger partial charge in [0.25, 0.3) is 23.6 Å². The third kappa shape index (κ3) is 27.6. The Kier molecular flexibility index (Phi) is 37.8. The summed E-state index contributed by atoms with van der Waals surface area (Å²) >= 11 is 1.02. The number of aliphatic carboxylic acids is 1. The third-order valence-corrected chi connectivity index (χ3v) is 12.1. The number of carboxylic acids is 1. The van der Waals surface area contributed by atoms with Crippen molar-refractivity contribution in [3.63, 3.8) is 0 Å². The number of ether oxygens (including phenoxy) is 3. The maximum absolute atomic E-state index is 13.0. The number of carbonyl (C=O) groups is 12. The zero-order chi connectivity index (χ0) is 60.2. The van der Waals surface area contributed by atoms with Gasteiger partial charge < -0.3 is 50.8 Å². The molecule has 1 fully saturated rings. The van der Waals surface area contributed by atoms with Crippen LogP contribution in [0, 0.1) is 0 Å². The molecule has 4 rings (SSSR count). The average molecular weight is 1250 g/mol. The Morgan fingerprint density at radius 1 is 0.785 bits per heavy atom. The molecular formula is C49H80IN12O16S-. The van der Waals surface area contributed by atoms with Crippen molar-refractivity contribution in [3.05, 3.63) is 48.1 Å². The van der Waals surface area contributed by atoms with Gasteiger partial charge >= 0.3 is 46.1 Å². The van der Waals surface area contributed by atoms with Crippen LogP contribution in [0.1, 0.15) is 72.0 Å². The van der Waals surface area contributed by atoms with Crippen molar-refractivity contribution in [2.75, 3.05) is 97.8 Å². The van der Waals surface area contributed by atoms with Crippen LogP contribution in [0.25, 0.3) is 0 Å². The topological polar surface area (TPSA) is 395 Å². The van der Waals surface area contributed by atoms with Crippen LogP contribution in [-0.2, 0) is 52.7 Å². The number of thioether (sulfide) groups is 1. The zero-order valence-electron chi connectivity index (χ0n) is 46.2. The molecule has 0 saturated carbocycles. The second kappa shape index (κ2) is 41.3. The number of nitrogens with zero attached hydrogens (tertiary/aromatic N) is 5. The molecule has 2 atom stereocenters. The molecule has 11 N–H and O–H groups in total. The predicted octanol–water partition coefficient (Wildman–Crippen LogP) is -4.12. The van der Waals surface area contributed by atoms with E-state index in [-0.39, 0.29) is 141 Å². The molecule has 30 heteroatoms. The van der Waals surface area contributed by atoms with Crippen molar-refractivity contribution in [1.82, 2.24) is 45.8 Å². The van der Waals surface area contributed by atoms with E-state index < -0.39 is 53.5 Å². The van der Waals surface area contributed by atoms with Gasteiger partial charge in [0.15, 0.2) is 11.5 Å². The van der Waals surface area contributed by atoms with Crippen molar-refractivity contribution >= 4 is 83.1 Å². The third-order valence-electron chi connectivity index (χ3n) is 10.9. The number of hydrogen-bond acceptors (Lipinski definition) is 20. The minimum atomic E-state index is -1.19. The molecule has 28 nitrogen and oxygen atoms in total. The second-order valence-corrected chi connectivity index (χ2v) is 17.1. The number of benzene rings is 1. The summed E-state index contributed by atoms with van der Waals surface area (Å²) in [6.07, 6.45) is 0.914. The monoisotopic (exact) mass is 1250 g/mol. The number of hydrogen-bond donors (Lipinski definition) is 8. The molecule has 2 unspecified atom stereocenters. The number of likely N-dealkylation sites (N-methyl/N-ethyl adjacent to an activating group) is 2. The Hall–Kier alpha value is -6.74. The standard InChI is InChI=1S/C31H50N8O9S.C8H10N2O3.C7H7NO4.CH4I.CH5N.CH4/c1-6-37(7-2)14-15-38(8-3)31(45)48-21-10-9-20(17-22(21)46-5)23(47-30(44)36-29(32)33)19-35-26(41)12-16-49-24-18-27(42)39(28(24)43)13-11-25(40)34-4;1-9-6(11)4-5-10-7(12)2-3-8(10)13;9-5-1-2-6(10)8(5)4-3-7(11)12;2*1-2;/h9-10,17,23-24,29H,6-8,11-16,18-19,32-33H2,1-5H3,(H,34,40)(H,35,41)(H,36,44);2-3H,4-5H2,1H3,(H,9,11);1-2H,3-4H2,(H,11,12);2H,1H3;2H2,1H3;1H4/q;;;-1;;/i;;;2D;;. The number of carboxylic acid groups (broad SMARTS) is 1. The second-order valence-electron chi connectivity index (χ2n) is 15.8. The number of alkyl carbamates (subject to hydrolysis) is 1. The van der Waals surface area contributed by atoms with Crippen molar-refractivity contribution < 1.29 is 99.2 Å². The summed E-state index contributed by atoms with van der Waals surface area (Å²) in [6, 6.07) is 4.59. The number of nitrogens with one attached hydrogen (secondary N) is 4. The molecule has 79 heavy (non-hydrogen) atoms. The number of likely N-dealkylation sites (tertiary alicyclic amines) is 1. The summed E-state index contributed by atoms with van der Waals surface area (Å²) in [5, 5.41) is 17.4. The Morgan fingerprint density at radius 3 is 1.75 bits per heavy atom. The van der Waals surface area contributed by atoms with E-state index in [0.29, 0.717) is 25.2 Å². The normalized spacial score (nSPS) is 14.5. The first-order chi connectivity index (χ1) is 37.5. The van der Waals surface area contributed by atoms with Gasteiger partial charge in [0.1, 0.15) is 12.4 Å². The van der Waals surface area contributed by atoms with Gasteiger partial charge in [-0.3, -0.25) is 79.4 Å². The van der Waals surface area contributed by atoms with Gasteiger partial charge in [-0.25, -0.2) is 9.59 Å². The fourth-order valence-electron chi connectivity index (χ4n) is 6.63. The fraction of sp³-hybridized carbons (Fsp3) is 0.551.